The normalized spacial score (nSPS) is 25.4. The number of phenolic OH excluding ortho intramolecular Hbond substituents is 1. The van der Waals surface area contributed by atoms with Gasteiger partial charge in [-0.25, -0.2) is 0 Å². The summed E-state index contributed by atoms with van der Waals surface area (Å²) in [7, 11) is 0. The van der Waals surface area contributed by atoms with Crippen LogP contribution in [0.3, 0.4) is 0 Å². The number of hydrogen-bond donors (Lipinski definition) is 1. The van der Waals surface area contributed by atoms with E-state index in [9.17, 15) is 5.11 Å². The van der Waals surface area contributed by atoms with E-state index in [1.807, 2.05) is 13.0 Å². The van der Waals surface area contributed by atoms with Gasteiger partial charge in [-0.2, -0.15) is 0 Å². The van der Waals surface area contributed by atoms with E-state index >= 15 is 0 Å². The molecule has 1 aliphatic rings. The van der Waals surface area contributed by atoms with Gasteiger partial charge in [0, 0.05) is 0 Å². The van der Waals surface area contributed by atoms with Crippen LogP contribution in [0.4, 0.5) is 0 Å². The molecule has 0 bridgehead atoms. The van der Waals surface area contributed by atoms with Crippen LogP contribution >= 0.6 is 0 Å². The Morgan fingerprint density at radius 1 is 1.44 bits per heavy atom. The third-order valence-corrected chi connectivity index (χ3v) is 3.54. The number of ether oxygens (including phenoxy) is 1. The first-order valence-electron chi connectivity index (χ1n) is 6.06. The highest BCUT2D eigenvalue weighted by molar-refractivity contribution is 5.36. The zero-order valence-electron chi connectivity index (χ0n) is 10.2. The minimum Gasteiger partial charge on any atom is -0.508 e. The molecular weight excluding hydrogens is 200 g/mol. The van der Waals surface area contributed by atoms with E-state index in [4.69, 9.17) is 4.74 Å². The van der Waals surface area contributed by atoms with Gasteiger partial charge in [0.25, 0.3) is 0 Å². The second kappa shape index (κ2) is 4.46. The van der Waals surface area contributed by atoms with Crippen LogP contribution in [0, 0.1) is 6.92 Å². The molecule has 16 heavy (non-hydrogen) atoms. The molecule has 0 radical (unpaired) electrons. The van der Waals surface area contributed by atoms with Crippen molar-refractivity contribution in [3.63, 3.8) is 0 Å². The highest BCUT2D eigenvalue weighted by atomic mass is 16.6. The van der Waals surface area contributed by atoms with Crippen molar-refractivity contribution in [2.45, 2.75) is 51.7 Å². The number of epoxide rings is 1. The molecule has 0 saturated carbocycles. The molecule has 1 saturated heterocycles. The Kier molecular flexibility index (Phi) is 3.20. The maximum Gasteiger partial charge on any atom is 0.118 e. The maximum absolute atomic E-state index is 9.51. The minimum atomic E-state index is 0.384. The van der Waals surface area contributed by atoms with Crippen LogP contribution in [0.5, 0.6) is 5.75 Å². The van der Waals surface area contributed by atoms with Gasteiger partial charge in [0.15, 0.2) is 0 Å². The van der Waals surface area contributed by atoms with Crippen molar-refractivity contribution in [1.82, 2.24) is 0 Å². The Morgan fingerprint density at radius 3 is 2.62 bits per heavy atom. The van der Waals surface area contributed by atoms with E-state index in [1.54, 1.807) is 6.07 Å². The largest absolute Gasteiger partial charge is 0.508 e. The van der Waals surface area contributed by atoms with Gasteiger partial charge in [0.05, 0.1) is 12.2 Å². The Labute approximate surface area is 97.3 Å². The molecule has 1 aromatic carbocycles. The Bertz CT molecular complexity index is 373. The topological polar surface area (TPSA) is 32.8 Å². The fraction of sp³-hybridized carbons (Fsp3) is 0.571. The van der Waals surface area contributed by atoms with Gasteiger partial charge >= 0.3 is 0 Å². The quantitative estimate of drug-likeness (QED) is 0.789. The average Bonchev–Trinajstić information content (AvgIpc) is 2.95. The van der Waals surface area contributed by atoms with Crippen molar-refractivity contribution < 1.29 is 9.84 Å². The predicted molar refractivity (Wildman–Crippen MR) is 64.8 cm³/mol. The van der Waals surface area contributed by atoms with Crippen LogP contribution in [0.1, 0.15) is 43.7 Å². The molecule has 0 spiro atoms. The van der Waals surface area contributed by atoms with Crippen LogP contribution in [0.2, 0.25) is 0 Å². The summed E-state index contributed by atoms with van der Waals surface area (Å²) < 4.78 is 5.48. The molecule has 3 unspecified atom stereocenters. The average molecular weight is 220 g/mol. The molecule has 3 atom stereocenters. The molecular formula is C14H20O2. The standard InChI is InChI=1S/C14H20O2/c1-4-11(8-14-10(3)16-14)12-5-6-13(15)9(2)7-12/h5-7,10-11,14-15H,4,8H2,1-3H3. The summed E-state index contributed by atoms with van der Waals surface area (Å²) in [4.78, 5) is 0. The van der Waals surface area contributed by atoms with Crippen LogP contribution in [0.15, 0.2) is 18.2 Å². The summed E-state index contributed by atoms with van der Waals surface area (Å²) in [5.74, 6) is 0.934. The predicted octanol–water partition coefficient (Wildman–Crippen LogP) is 3.37. The van der Waals surface area contributed by atoms with Crippen LogP contribution in [-0.4, -0.2) is 17.3 Å². The highest BCUT2D eigenvalue weighted by Crippen LogP contribution is 2.35. The van der Waals surface area contributed by atoms with Gasteiger partial charge in [0.2, 0.25) is 0 Å². The van der Waals surface area contributed by atoms with Gasteiger partial charge in [-0.05, 0) is 49.8 Å². The smallest absolute Gasteiger partial charge is 0.118 e. The van der Waals surface area contributed by atoms with Crippen molar-refractivity contribution in [3.05, 3.63) is 29.3 Å². The molecule has 1 aliphatic heterocycles. The zero-order valence-corrected chi connectivity index (χ0v) is 10.2. The number of aromatic hydroxyl groups is 1. The highest BCUT2D eigenvalue weighted by Gasteiger charge is 2.35. The molecule has 88 valence electrons. The number of hydrogen-bond acceptors (Lipinski definition) is 2. The fourth-order valence-electron chi connectivity index (χ4n) is 2.23. The van der Waals surface area contributed by atoms with E-state index in [0.29, 0.717) is 23.9 Å². The summed E-state index contributed by atoms with van der Waals surface area (Å²) in [5.41, 5.74) is 2.28. The van der Waals surface area contributed by atoms with E-state index in [0.717, 1.165) is 18.4 Å². The van der Waals surface area contributed by atoms with E-state index in [-0.39, 0.29) is 0 Å². The Morgan fingerprint density at radius 2 is 2.12 bits per heavy atom. The van der Waals surface area contributed by atoms with Gasteiger partial charge in [-0.1, -0.05) is 19.1 Å². The van der Waals surface area contributed by atoms with Gasteiger partial charge in [-0.3, -0.25) is 0 Å². The van der Waals surface area contributed by atoms with Crippen LogP contribution < -0.4 is 0 Å². The number of benzene rings is 1. The van der Waals surface area contributed by atoms with Crippen molar-refractivity contribution in [2.24, 2.45) is 0 Å². The molecule has 0 aliphatic carbocycles. The van der Waals surface area contributed by atoms with Crippen LogP contribution in [-0.2, 0) is 4.74 Å². The number of rotatable bonds is 4. The fourth-order valence-corrected chi connectivity index (χ4v) is 2.23. The molecule has 1 aromatic rings. The summed E-state index contributed by atoms with van der Waals surface area (Å²) >= 11 is 0. The third-order valence-electron chi connectivity index (χ3n) is 3.54. The summed E-state index contributed by atoms with van der Waals surface area (Å²) in [6, 6.07) is 5.92. The molecule has 1 heterocycles. The lowest BCUT2D eigenvalue weighted by Gasteiger charge is -2.15. The maximum atomic E-state index is 9.51. The number of aryl methyl sites for hydroxylation is 1. The second-order valence-corrected chi connectivity index (χ2v) is 4.77. The Hall–Kier alpha value is -1.02. The molecule has 2 rings (SSSR count). The second-order valence-electron chi connectivity index (χ2n) is 4.77. The Balaban J connectivity index is 2.10. The van der Waals surface area contributed by atoms with Crippen molar-refractivity contribution in [3.8, 4) is 5.75 Å². The van der Waals surface area contributed by atoms with Crippen molar-refractivity contribution in [1.29, 1.82) is 0 Å². The zero-order chi connectivity index (χ0) is 11.7. The van der Waals surface area contributed by atoms with E-state index in [1.165, 1.54) is 5.56 Å². The lowest BCUT2D eigenvalue weighted by Crippen LogP contribution is -2.03. The monoisotopic (exact) mass is 220 g/mol. The first kappa shape index (κ1) is 11.5. The first-order valence-corrected chi connectivity index (χ1v) is 6.06. The lowest BCUT2D eigenvalue weighted by molar-refractivity contribution is 0.357. The molecule has 2 nitrogen and oxygen atoms in total. The van der Waals surface area contributed by atoms with Crippen molar-refractivity contribution >= 4 is 0 Å². The molecule has 2 heteroatoms. The van der Waals surface area contributed by atoms with Gasteiger partial charge < -0.3 is 9.84 Å². The summed E-state index contributed by atoms with van der Waals surface area (Å²) in [6.45, 7) is 6.28. The minimum absolute atomic E-state index is 0.384. The summed E-state index contributed by atoms with van der Waals surface area (Å²) in [5, 5.41) is 9.51. The van der Waals surface area contributed by atoms with Gasteiger partial charge in [-0.15, -0.1) is 0 Å². The first-order chi connectivity index (χ1) is 7.61. The molecule has 1 fully saturated rings. The van der Waals surface area contributed by atoms with Crippen LogP contribution in [0.25, 0.3) is 0 Å². The SMILES string of the molecule is CCC(CC1OC1C)c1ccc(O)c(C)c1. The molecule has 0 aromatic heterocycles. The van der Waals surface area contributed by atoms with Gasteiger partial charge in [0.1, 0.15) is 5.75 Å². The molecule has 0 amide bonds. The third kappa shape index (κ3) is 2.38. The van der Waals surface area contributed by atoms with E-state index < -0.39 is 0 Å². The lowest BCUT2D eigenvalue weighted by atomic mass is 9.90. The van der Waals surface area contributed by atoms with E-state index in [2.05, 4.69) is 19.9 Å². The number of phenols is 1. The molecule has 1 N–H and O–H groups in total. The van der Waals surface area contributed by atoms with Crippen molar-refractivity contribution in [2.75, 3.05) is 0 Å². The summed E-state index contributed by atoms with van der Waals surface area (Å²) in [6.07, 6.45) is 3.10.